The SMILES string of the molecule is CCCNCCNC(=O)C(C)CSC. The summed E-state index contributed by atoms with van der Waals surface area (Å²) < 4.78 is 0. The molecule has 0 saturated heterocycles. The van der Waals surface area contributed by atoms with Gasteiger partial charge in [-0.3, -0.25) is 4.79 Å². The molecule has 0 rings (SSSR count). The van der Waals surface area contributed by atoms with Gasteiger partial charge in [0.25, 0.3) is 0 Å². The van der Waals surface area contributed by atoms with E-state index in [1.807, 2.05) is 13.2 Å². The van der Waals surface area contributed by atoms with Crippen LogP contribution in [0.5, 0.6) is 0 Å². The Morgan fingerprint density at radius 3 is 2.64 bits per heavy atom. The van der Waals surface area contributed by atoms with Crippen LogP contribution in [-0.4, -0.2) is 37.6 Å². The summed E-state index contributed by atoms with van der Waals surface area (Å²) in [5.74, 6) is 1.18. The number of amides is 1. The van der Waals surface area contributed by atoms with E-state index in [4.69, 9.17) is 0 Å². The molecule has 2 N–H and O–H groups in total. The van der Waals surface area contributed by atoms with E-state index in [2.05, 4.69) is 17.6 Å². The van der Waals surface area contributed by atoms with Gasteiger partial charge >= 0.3 is 0 Å². The molecule has 0 spiro atoms. The van der Waals surface area contributed by atoms with Crippen molar-refractivity contribution >= 4 is 17.7 Å². The number of nitrogens with one attached hydrogen (secondary N) is 2. The average molecular weight is 218 g/mol. The van der Waals surface area contributed by atoms with Crippen LogP contribution in [0.15, 0.2) is 0 Å². The van der Waals surface area contributed by atoms with Crippen LogP contribution in [0.2, 0.25) is 0 Å². The minimum absolute atomic E-state index is 0.121. The van der Waals surface area contributed by atoms with Crippen molar-refractivity contribution in [1.82, 2.24) is 10.6 Å². The maximum Gasteiger partial charge on any atom is 0.223 e. The Bertz CT molecular complexity index is 153. The fourth-order valence-corrected chi connectivity index (χ4v) is 1.73. The van der Waals surface area contributed by atoms with Crippen LogP contribution < -0.4 is 10.6 Å². The average Bonchev–Trinajstić information content (AvgIpc) is 2.17. The molecule has 0 radical (unpaired) electrons. The van der Waals surface area contributed by atoms with Gasteiger partial charge in [-0.25, -0.2) is 0 Å². The van der Waals surface area contributed by atoms with Crippen molar-refractivity contribution in [3.8, 4) is 0 Å². The van der Waals surface area contributed by atoms with Gasteiger partial charge in [0.15, 0.2) is 0 Å². The molecule has 4 heteroatoms. The number of hydrogen-bond acceptors (Lipinski definition) is 3. The molecule has 1 amide bonds. The van der Waals surface area contributed by atoms with Gasteiger partial charge < -0.3 is 10.6 Å². The lowest BCUT2D eigenvalue weighted by atomic mass is 10.2. The van der Waals surface area contributed by atoms with E-state index in [0.29, 0.717) is 0 Å². The fraction of sp³-hybridized carbons (Fsp3) is 0.900. The smallest absolute Gasteiger partial charge is 0.223 e. The first-order valence-electron chi connectivity index (χ1n) is 5.19. The normalized spacial score (nSPS) is 12.5. The van der Waals surface area contributed by atoms with Gasteiger partial charge in [-0.1, -0.05) is 13.8 Å². The Hall–Kier alpha value is -0.220. The van der Waals surface area contributed by atoms with Crippen LogP contribution in [0.3, 0.4) is 0 Å². The molecule has 1 unspecified atom stereocenters. The quantitative estimate of drug-likeness (QED) is 0.600. The van der Waals surface area contributed by atoms with E-state index in [9.17, 15) is 4.79 Å². The molecule has 0 aromatic heterocycles. The molecule has 3 nitrogen and oxygen atoms in total. The summed E-state index contributed by atoms with van der Waals surface area (Å²) in [6.45, 7) is 6.72. The van der Waals surface area contributed by atoms with E-state index in [1.54, 1.807) is 11.8 Å². The van der Waals surface area contributed by atoms with Crippen LogP contribution >= 0.6 is 11.8 Å². The first-order valence-corrected chi connectivity index (χ1v) is 6.59. The maximum atomic E-state index is 11.4. The first kappa shape index (κ1) is 13.8. The highest BCUT2D eigenvalue weighted by atomic mass is 32.2. The number of rotatable bonds is 8. The van der Waals surface area contributed by atoms with Gasteiger partial charge in [0.2, 0.25) is 5.91 Å². The van der Waals surface area contributed by atoms with Crippen molar-refractivity contribution in [2.75, 3.05) is 31.6 Å². The third-order valence-electron chi connectivity index (χ3n) is 1.89. The topological polar surface area (TPSA) is 41.1 Å². The second kappa shape index (κ2) is 9.34. The number of thioether (sulfide) groups is 1. The molecule has 0 saturated carbocycles. The molecule has 0 aliphatic carbocycles. The standard InChI is InChI=1S/C10H22N2OS/c1-4-5-11-6-7-12-10(13)9(2)8-14-3/h9,11H,4-8H2,1-3H3,(H,12,13). The Morgan fingerprint density at radius 2 is 2.07 bits per heavy atom. The van der Waals surface area contributed by atoms with Gasteiger partial charge in [-0.2, -0.15) is 11.8 Å². The summed E-state index contributed by atoms with van der Waals surface area (Å²) in [5, 5.41) is 6.15. The monoisotopic (exact) mass is 218 g/mol. The summed E-state index contributed by atoms with van der Waals surface area (Å²) in [7, 11) is 0. The minimum Gasteiger partial charge on any atom is -0.355 e. The summed E-state index contributed by atoms with van der Waals surface area (Å²) in [6.07, 6.45) is 3.16. The van der Waals surface area contributed by atoms with E-state index in [1.165, 1.54) is 0 Å². The van der Waals surface area contributed by atoms with Gasteiger partial charge in [0.05, 0.1) is 0 Å². The van der Waals surface area contributed by atoms with Crippen molar-refractivity contribution in [3.05, 3.63) is 0 Å². The van der Waals surface area contributed by atoms with Crippen molar-refractivity contribution in [3.63, 3.8) is 0 Å². The molecule has 0 aliphatic heterocycles. The zero-order valence-electron chi connectivity index (χ0n) is 9.43. The summed E-state index contributed by atoms with van der Waals surface area (Å²) in [6, 6.07) is 0. The van der Waals surface area contributed by atoms with Gasteiger partial charge in [0, 0.05) is 24.8 Å². The zero-order chi connectivity index (χ0) is 10.8. The summed E-state index contributed by atoms with van der Waals surface area (Å²) in [5.41, 5.74) is 0. The fourth-order valence-electron chi connectivity index (χ4n) is 1.08. The minimum atomic E-state index is 0.121. The van der Waals surface area contributed by atoms with Crippen molar-refractivity contribution < 1.29 is 4.79 Å². The number of carbonyl (C=O) groups excluding carboxylic acids is 1. The Balaban J connectivity index is 3.34. The van der Waals surface area contributed by atoms with Crippen molar-refractivity contribution in [1.29, 1.82) is 0 Å². The lowest BCUT2D eigenvalue weighted by molar-refractivity contribution is -0.123. The highest BCUT2D eigenvalue weighted by Gasteiger charge is 2.10. The molecule has 0 aromatic carbocycles. The van der Waals surface area contributed by atoms with Crippen LogP contribution in [0, 0.1) is 5.92 Å². The molecule has 14 heavy (non-hydrogen) atoms. The zero-order valence-corrected chi connectivity index (χ0v) is 10.2. The van der Waals surface area contributed by atoms with Gasteiger partial charge in [0.1, 0.15) is 0 Å². The molecule has 0 aromatic rings. The Labute approximate surface area is 91.4 Å². The lowest BCUT2D eigenvalue weighted by Gasteiger charge is -2.10. The third-order valence-corrected chi connectivity index (χ3v) is 2.73. The van der Waals surface area contributed by atoms with Crippen LogP contribution in [0.25, 0.3) is 0 Å². The van der Waals surface area contributed by atoms with E-state index < -0.39 is 0 Å². The lowest BCUT2D eigenvalue weighted by Crippen LogP contribution is -2.35. The Morgan fingerprint density at radius 1 is 1.36 bits per heavy atom. The van der Waals surface area contributed by atoms with Crippen LogP contribution in [0.4, 0.5) is 0 Å². The van der Waals surface area contributed by atoms with Gasteiger partial charge in [-0.05, 0) is 19.2 Å². The molecule has 84 valence electrons. The molecule has 0 aliphatic rings. The van der Waals surface area contributed by atoms with E-state index in [0.717, 1.165) is 31.8 Å². The summed E-state index contributed by atoms with van der Waals surface area (Å²) >= 11 is 1.71. The van der Waals surface area contributed by atoms with Crippen LogP contribution in [0.1, 0.15) is 20.3 Å². The van der Waals surface area contributed by atoms with E-state index in [-0.39, 0.29) is 11.8 Å². The predicted octanol–water partition coefficient (Wildman–Crippen LogP) is 1.10. The highest BCUT2D eigenvalue weighted by molar-refractivity contribution is 7.98. The molecule has 0 fully saturated rings. The molecular weight excluding hydrogens is 196 g/mol. The molecular formula is C10H22N2OS. The van der Waals surface area contributed by atoms with Gasteiger partial charge in [-0.15, -0.1) is 0 Å². The van der Waals surface area contributed by atoms with Crippen molar-refractivity contribution in [2.45, 2.75) is 20.3 Å². The highest BCUT2D eigenvalue weighted by Crippen LogP contribution is 2.03. The summed E-state index contributed by atoms with van der Waals surface area (Å²) in [4.78, 5) is 11.4. The van der Waals surface area contributed by atoms with Crippen LogP contribution in [-0.2, 0) is 4.79 Å². The predicted molar refractivity (Wildman–Crippen MR) is 63.7 cm³/mol. The number of carbonyl (C=O) groups is 1. The first-order chi connectivity index (χ1) is 6.72. The molecule has 0 bridgehead atoms. The molecule has 0 heterocycles. The van der Waals surface area contributed by atoms with E-state index >= 15 is 0 Å². The largest absolute Gasteiger partial charge is 0.355 e. The van der Waals surface area contributed by atoms with Crippen molar-refractivity contribution in [2.24, 2.45) is 5.92 Å². The second-order valence-corrected chi connectivity index (χ2v) is 4.31. The maximum absolute atomic E-state index is 11.4. The Kier molecular flexibility index (Phi) is 9.19. The number of hydrogen-bond donors (Lipinski definition) is 2. The molecule has 1 atom stereocenters. The second-order valence-electron chi connectivity index (χ2n) is 3.40. The third kappa shape index (κ3) is 7.21.